The first kappa shape index (κ1) is 11.1. The molecule has 0 radical (unpaired) electrons. The fourth-order valence-corrected chi connectivity index (χ4v) is 1.71. The monoisotopic (exact) mass is 215 g/mol. The van der Waals surface area contributed by atoms with E-state index in [4.69, 9.17) is 10.8 Å². The van der Waals surface area contributed by atoms with Crippen LogP contribution in [0.25, 0.3) is 0 Å². The first-order chi connectivity index (χ1) is 6.65. The van der Waals surface area contributed by atoms with Gasteiger partial charge >= 0.3 is 0 Å². The van der Waals surface area contributed by atoms with Gasteiger partial charge in [-0.25, -0.2) is 4.98 Å². The highest BCUT2D eigenvalue weighted by Crippen LogP contribution is 2.20. The molecule has 0 fully saturated rings. The average molecular weight is 215 g/mol. The largest absolute Gasteiger partial charge is 0.396 e. The van der Waals surface area contributed by atoms with Gasteiger partial charge in [-0.15, -0.1) is 11.8 Å². The molecule has 0 aromatic carbocycles. The van der Waals surface area contributed by atoms with E-state index in [0.29, 0.717) is 10.8 Å². The molecule has 14 heavy (non-hydrogen) atoms. The van der Waals surface area contributed by atoms with E-state index in [0.717, 1.165) is 0 Å². The van der Waals surface area contributed by atoms with Crippen LogP contribution in [0.1, 0.15) is 6.92 Å². The number of rotatable bonds is 4. The standard InChI is InChI=1S/C8H13N3O2S/c1-5(2-12)3-14-8-6(9)7(13)10-4-11-8/h4-5,12H,2-3,9H2,1H3,(H,10,11,13). The number of aliphatic hydroxyl groups is 1. The van der Waals surface area contributed by atoms with E-state index in [9.17, 15) is 4.79 Å². The van der Waals surface area contributed by atoms with E-state index in [1.54, 1.807) is 0 Å². The number of nitrogens with one attached hydrogen (secondary N) is 1. The molecular weight excluding hydrogens is 202 g/mol. The Bertz CT molecular complexity index is 353. The number of aromatic nitrogens is 2. The Morgan fingerprint density at radius 1 is 1.79 bits per heavy atom. The van der Waals surface area contributed by atoms with E-state index in [-0.39, 0.29) is 23.8 Å². The zero-order chi connectivity index (χ0) is 10.6. The molecule has 1 aromatic heterocycles. The fraction of sp³-hybridized carbons (Fsp3) is 0.500. The van der Waals surface area contributed by atoms with Gasteiger partial charge in [-0.1, -0.05) is 6.92 Å². The van der Waals surface area contributed by atoms with Gasteiger partial charge in [0.15, 0.2) is 0 Å². The minimum atomic E-state index is -0.320. The summed E-state index contributed by atoms with van der Waals surface area (Å²) < 4.78 is 0. The van der Waals surface area contributed by atoms with E-state index < -0.39 is 0 Å². The van der Waals surface area contributed by atoms with E-state index in [2.05, 4.69) is 9.97 Å². The molecule has 1 atom stereocenters. The molecule has 0 aliphatic rings. The van der Waals surface area contributed by atoms with Gasteiger partial charge in [0.25, 0.3) is 5.56 Å². The van der Waals surface area contributed by atoms with E-state index >= 15 is 0 Å². The summed E-state index contributed by atoms with van der Waals surface area (Å²) in [5.41, 5.74) is 5.34. The first-order valence-corrected chi connectivity index (χ1v) is 5.20. The van der Waals surface area contributed by atoms with Gasteiger partial charge in [0.05, 0.1) is 6.33 Å². The van der Waals surface area contributed by atoms with Crippen molar-refractivity contribution in [3.05, 3.63) is 16.7 Å². The summed E-state index contributed by atoms with van der Waals surface area (Å²) in [6.07, 6.45) is 1.32. The smallest absolute Gasteiger partial charge is 0.275 e. The maximum absolute atomic E-state index is 11.1. The summed E-state index contributed by atoms with van der Waals surface area (Å²) in [7, 11) is 0. The van der Waals surface area contributed by atoms with Crippen LogP contribution >= 0.6 is 11.8 Å². The third-order valence-electron chi connectivity index (χ3n) is 1.67. The number of aromatic amines is 1. The molecule has 0 saturated carbocycles. The number of aliphatic hydroxyl groups excluding tert-OH is 1. The van der Waals surface area contributed by atoms with E-state index in [1.165, 1.54) is 18.1 Å². The van der Waals surface area contributed by atoms with Gasteiger partial charge in [-0.2, -0.15) is 0 Å². The predicted octanol–water partition coefficient (Wildman–Crippen LogP) is 0.0726. The molecule has 1 aromatic rings. The molecule has 0 aliphatic carbocycles. The van der Waals surface area contributed by atoms with Gasteiger partial charge in [0, 0.05) is 12.4 Å². The predicted molar refractivity (Wildman–Crippen MR) is 56.2 cm³/mol. The second-order valence-electron chi connectivity index (χ2n) is 3.05. The molecule has 1 unspecified atom stereocenters. The van der Waals surface area contributed by atoms with Crippen LogP contribution in [0.2, 0.25) is 0 Å². The molecule has 6 heteroatoms. The Morgan fingerprint density at radius 3 is 3.14 bits per heavy atom. The maximum atomic E-state index is 11.1. The second-order valence-corrected chi connectivity index (χ2v) is 4.06. The van der Waals surface area contributed by atoms with Crippen molar-refractivity contribution in [1.29, 1.82) is 0 Å². The minimum Gasteiger partial charge on any atom is -0.396 e. The lowest BCUT2D eigenvalue weighted by atomic mass is 10.2. The van der Waals surface area contributed by atoms with Crippen molar-refractivity contribution < 1.29 is 5.11 Å². The Balaban J connectivity index is 2.68. The molecule has 5 nitrogen and oxygen atoms in total. The lowest BCUT2D eigenvalue weighted by molar-refractivity contribution is 0.250. The highest BCUT2D eigenvalue weighted by molar-refractivity contribution is 7.99. The lowest BCUT2D eigenvalue weighted by Gasteiger charge is -2.07. The summed E-state index contributed by atoms with van der Waals surface area (Å²) in [6, 6.07) is 0. The van der Waals surface area contributed by atoms with Crippen molar-refractivity contribution in [3.8, 4) is 0 Å². The van der Waals surface area contributed by atoms with Crippen LogP contribution in [0.5, 0.6) is 0 Å². The number of nitrogen functional groups attached to an aromatic ring is 1. The molecule has 0 bridgehead atoms. The average Bonchev–Trinajstić information content (AvgIpc) is 2.20. The molecule has 0 amide bonds. The summed E-state index contributed by atoms with van der Waals surface area (Å²) in [6.45, 7) is 2.03. The molecule has 0 saturated heterocycles. The molecule has 1 rings (SSSR count). The number of hydrogen-bond acceptors (Lipinski definition) is 5. The van der Waals surface area contributed by atoms with Crippen LogP contribution in [-0.2, 0) is 0 Å². The van der Waals surface area contributed by atoms with Crippen molar-refractivity contribution in [3.63, 3.8) is 0 Å². The van der Waals surface area contributed by atoms with Gasteiger partial charge < -0.3 is 15.8 Å². The number of nitrogens with zero attached hydrogens (tertiary/aromatic N) is 1. The fourth-order valence-electron chi connectivity index (χ4n) is 0.783. The van der Waals surface area contributed by atoms with Crippen LogP contribution in [0.15, 0.2) is 16.1 Å². The number of thioether (sulfide) groups is 1. The molecule has 4 N–H and O–H groups in total. The molecule has 78 valence electrons. The highest BCUT2D eigenvalue weighted by atomic mass is 32.2. The van der Waals surface area contributed by atoms with Gasteiger partial charge in [-0.3, -0.25) is 4.79 Å². The number of H-pyrrole nitrogens is 1. The molecule has 0 aliphatic heterocycles. The van der Waals surface area contributed by atoms with Crippen molar-refractivity contribution in [1.82, 2.24) is 9.97 Å². The number of nitrogens with two attached hydrogens (primary N) is 1. The maximum Gasteiger partial charge on any atom is 0.275 e. The Kier molecular flexibility index (Phi) is 3.97. The molecule has 1 heterocycles. The van der Waals surface area contributed by atoms with Gasteiger partial charge in [0.2, 0.25) is 0 Å². The van der Waals surface area contributed by atoms with E-state index in [1.807, 2.05) is 6.92 Å². The van der Waals surface area contributed by atoms with Crippen LogP contribution in [0.3, 0.4) is 0 Å². The third-order valence-corrected chi connectivity index (χ3v) is 3.00. The Hall–Kier alpha value is -1.01. The van der Waals surface area contributed by atoms with Gasteiger partial charge in [0.1, 0.15) is 10.7 Å². The number of anilines is 1. The van der Waals surface area contributed by atoms with Crippen LogP contribution in [-0.4, -0.2) is 27.4 Å². The zero-order valence-corrected chi connectivity index (χ0v) is 8.67. The van der Waals surface area contributed by atoms with Crippen molar-refractivity contribution in [2.24, 2.45) is 5.92 Å². The second kappa shape index (κ2) is 5.02. The SMILES string of the molecule is CC(CO)CSc1nc[nH]c(=O)c1N. The lowest BCUT2D eigenvalue weighted by Crippen LogP contribution is -2.14. The third kappa shape index (κ3) is 2.74. The van der Waals surface area contributed by atoms with Crippen molar-refractivity contribution in [2.75, 3.05) is 18.1 Å². The minimum absolute atomic E-state index is 0.121. The Morgan fingerprint density at radius 2 is 2.50 bits per heavy atom. The highest BCUT2D eigenvalue weighted by Gasteiger charge is 2.07. The van der Waals surface area contributed by atoms with Crippen molar-refractivity contribution in [2.45, 2.75) is 11.9 Å². The molecular formula is C8H13N3O2S. The Labute approximate surface area is 85.7 Å². The summed E-state index contributed by atoms with van der Waals surface area (Å²) in [4.78, 5) is 17.4. The number of hydrogen-bond donors (Lipinski definition) is 3. The van der Waals surface area contributed by atoms with Gasteiger partial charge in [-0.05, 0) is 5.92 Å². The zero-order valence-electron chi connectivity index (χ0n) is 7.86. The summed E-state index contributed by atoms with van der Waals surface area (Å²) in [5, 5.41) is 9.33. The normalized spacial score (nSPS) is 12.7. The van der Waals surface area contributed by atoms with Crippen molar-refractivity contribution >= 4 is 17.4 Å². The topological polar surface area (TPSA) is 92.0 Å². The first-order valence-electron chi connectivity index (χ1n) is 4.22. The van der Waals surface area contributed by atoms with Crippen LogP contribution in [0, 0.1) is 5.92 Å². The molecule has 0 spiro atoms. The summed E-state index contributed by atoms with van der Waals surface area (Å²) >= 11 is 1.38. The quantitative estimate of drug-likeness (QED) is 0.488. The summed E-state index contributed by atoms with van der Waals surface area (Å²) in [5.74, 6) is 0.859. The van der Waals surface area contributed by atoms with Crippen LogP contribution in [0.4, 0.5) is 5.69 Å². The van der Waals surface area contributed by atoms with Crippen LogP contribution < -0.4 is 11.3 Å².